The summed E-state index contributed by atoms with van der Waals surface area (Å²) in [5, 5.41) is 0. The van der Waals surface area contributed by atoms with Gasteiger partial charge in [0.05, 0.1) is 6.61 Å². The van der Waals surface area contributed by atoms with Crippen molar-refractivity contribution < 1.29 is 4.74 Å². The molecule has 0 saturated carbocycles. The summed E-state index contributed by atoms with van der Waals surface area (Å²) in [6, 6.07) is 8.39. The first-order chi connectivity index (χ1) is 8.69. The Balaban J connectivity index is 1.99. The molecule has 1 fully saturated rings. The molecule has 18 heavy (non-hydrogen) atoms. The van der Waals surface area contributed by atoms with Gasteiger partial charge in [-0.25, -0.2) is 0 Å². The second-order valence-corrected chi connectivity index (χ2v) is 5.54. The molecule has 1 aromatic carbocycles. The van der Waals surface area contributed by atoms with Gasteiger partial charge < -0.3 is 15.4 Å². The van der Waals surface area contributed by atoms with E-state index >= 15 is 0 Å². The van der Waals surface area contributed by atoms with Crippen molar-refractivity contribution in [2.24, 2.45) is 17.6 Å². The highest BCUT2D eigenvalue weighted by molar-refractivity contribution is 5.51. The first-order valence-electron chi connectivity index (χ1n) is 6.87. The van der Waals surface area contributed by atoms with E-state index in [1.165, 1.54) is 12.1 Å². The summed E-state index contributed by atoms with van der Waals surface area (Å²) < 4.78 is 5.77. The third-order valence-corrected chi connectivity index (χ3v) is 3.39. The third-order valence-electron chi connectivity index (χ3n) is 3.39. The molecule has 0 aromatic heterocycles. The number of rotatable bonds is 5. The van der Waals surface area contributed by atoms with Crippen molar-refractivity contribution >= 4 is 5.69 Å². The van der Waals surface area contributed by atoms with Crippen LogP contribution in [0.1, 0.15) is 20.3 Å². The Bertz CT molecular complexity index is 379. The van der Waals surface area contributed by atoms with Gasteiger partial charge in [-0.05, 0) is 36.9 Å². The molecule has 1 aliphatic heterocycles. The first-order valence-corrected chi connectivity index (χ1v) is 6.87. The normalized spacial score (nSPS) is 19.6. The van der Waals surface area contributed by atoms with E-state index in [4.69, 9.17) is 10.5 Å². The van der Waals surface area contributed by atoms with Crippen LogP contribution in [0, 0.1) is 11.8 Å². The predicted octanol–water partition coefficient (Wildman–Crippen LogP) is 2.51. The van der Waals surface area contributed by atoms with E-state index in [-0.39, 0.29) is 0 Å². The van der Waals surface area contributed by atoms with Gasteiger partial charge in [-0.3, -0.25) is 0 Å². The van der Waals surface area contributed by atoms with E-state index in [0.717, 1.165) is 32.0 Å². The maximum Gasteiger partial charge on any atom is 0.121 e. The van der Waals surface area contributed by atoms with E-state index in [9.17, 15) is 0 Å². The highest BCUT2D eigenvalue weighted by atomic mass is 16.5. The van der Waals surface area contributed by atoms with Crippen LogP contribution in [0.4, 0.5) is 5.69 Å². The van der Waals surface area contributed by atoms with Gasteiger partial charge in [0.15, 0.2) is 0 Å². The van der Waals surface area contributed by atoms with Crippen molar-refractivity contribution in [3.8, 4) is 5.75 Å². The molecule has 1 heterocycles. The number of anilines is 1. The van der Waals surface area contributed by atoms with E-state index < -0.39 is 0 Å². The molecule has 0 bridgehead atoms. The minimum atomic E-state index is 0.557. The van der Waals surface area contributed by atoms with Crippen LogP contribution < -0.4 is 15.4 Å². The summed E-state index contributed by atoms with van der Waals surface area (Å²) >= 11 is 0. The molecule has 1 atom stereocenters. The van der Waals surface area contributed by atoms with Crippen molar-refractivity contribution in [3.63, 3.8) is 0 Å². The Hall–Kier alpha value is -1.22. The molecule has 3 heteroatoms. The van der Waals surface area contributed by atoms with Crippen LogP contribution in [0.25, 0.3) is 0 Å². The fourth-order valence-corrected chi connectivity index (χ4v) is 2.29. The second kappa shape index (κ2) is 6.10. The summed E-state index contributed by atoms with van der Waals surface area (Å²) in [5.41, 5.74) is 6.99. The molecule has 0 amide bonds. The smallest absolute Gasteiger partial charge is 0.121 e. The molecule has 1 unspecified atom stereocenters. The van der Waals surface area contributed by atoms with E-state index in [1.807, 2.05) is 6.07 Å². The summed E-state index contributed by atoms with van der Waals surface area (Å²) in [5.74, 6) is 2.17. The largest absolute Gasteiger partial charge is 0.493 e. The summed E-state index contributed by atoms with van der Waals surface area (Å²) in [6.07, 6.45) is 1.20. The zero-order valence-electron chi connectivity index (χ0n) is 11.4. The minimum absolute atomic E-state index is 0.557. The molecule has 2 N–H and O–H groups in total. The van der Waals surface area contributed by atoms with Gasteiger partial charge in [0.25, 0.3) is 0 Å². The number of nitrogens with zero attached hydrogens (tertiary/aromatic N) is 1. The zero-order valence-corrected chi connectivity index (χ0v) is 11.4. The molecule has 1 aromatic rings. The van der Waals surface area contributed by atoms with E-state index in [2.05, 4.69) is 36.9 Å². The lowest BCUT2D eigenvalue weighted by Crippen LogP contribution is -2.22. The van der Waals surface area contributed by atoms with Crippen molar-refractivity contribution in [2.45, 2.75) is 20.3 Å². The topological polar surface area (TPSA) is 38.5 Å². The maximum absolute atomic E-state index is 5.77. The van der Waals surface area contributed by atoms with Gasteiger partial charge in [-0.15, -0.1) is 0 Å². The maximum atomic E-state index is 5.77. The van der Waals surface area contributed by atoms with Gasteiger partial charge in [0.1, 0.15) is 5.75 Å². The van der Waals surface area contributed by atoms with Crippen molar-refractivity contribution in [1.29, 1.82) is 0 Å². The highest BCUT2D eigenvalue weighted by Crippen LogP contribution is 2.26. The Morgan fingerprint density at radius 1 is 1.44 bits per heavy atom. The van der Waals surface area contributed by atoms with Crippen LogP contribution in [0.3, 0.4) is 0 Å². The van der Waals surface area contributed by atoms with Crippen LogP contribution in [-0.4, -0.2) is 26.2 Å². The fourth-order valence-electron chi connectivity index (χ4n) is 2.29. The highest BCUT2D eigenvalue weighted by Gasteiger charge is 2.21. The predicted molar refractivity (Wildman–Crippen MR) is 76.1 cm³/mol. The molecular formula is C15H24N2O. The molecular weight excluding hydrogens is 224 g/mol. The Morgan fingerprint density at radius 2 is 2.28 bits per heavy atom. The quantitative estimate of drug-likeness (QED) is 0.870. The minimum Gasteiger partial charge on any atom is -0.493 e. The number of nitrogens with two attached hydrogens (primary N) is 1. The average molecular weight is 248 g/mol. The fraction of sp³-hybridized carbons (Fsp3) is 0.600. The molecule has 2 rings (SSSR count). The lowest BCUT2D eigenvalue weighted by Gasteiger charge is -2.19. The SMILES string of the molecule is CC(C)COc1cccc(N2CCC(CN)C2)c1. The van der Waals surface area contributed by atoms with Gasteiger partial charge in [0, 0.05) is 24.8 Å². The first kappa shape index (κ1) is 13.2. The zero-order chi connectivity index (χ0) is 13.0. The molecule has 100 valence electrons. The van der Waals surface area contributed by atoms with Crippen LogP contribution in [0.15, 0.2) is 24.3 Å². The summed E-state index contributed by atoms with van der Waals surface area (Å²) in [7, 11) is 0. The third kappa shape index (κ3) is 3.39. The second-order valence-electron chi connectivity index (χ2n) is 5.54. The monoisotopic (exact) mass is 248 g/mol. The summed E-state index contributed by atoms with van der Waals surface area (Å²) in [4.78, 5) is 2.40. The van der Waals surface area contributed by atoms with Crippen LogP contribution >= 0.6 is 0 Å². The van der Waals surface area contributed by atoms with Gasteiger partial charge >= 0.3 is 0 Å². The lowest BCUT2D eigenvalue weighted by molar-refractivity contribution is 0.271. The van der Waals surface area contributed by atoms with Gasteiger partial charge in [-0.2, -0.15) is 0 Å². The average Bonchev–Trinajstić information content (AvgIpc) is 2.85. The summed E-state index contributed by atoms with van der Waals surface area (Å²) in [6.45, 7) is 8.07. The number of benzene rings is 1. The lowest BCUT2D eigenvalue weighted by atomic mass is 10.1. The number of hydrogen-bond acceptors (Lipinski definition) is 3. The number of hydrogen-bond donors (Lipinski definition) is 1. The molecule has 0 spiro atoms. The standard InChI is InChI=1S/C15H24N2O/c1-12(2)11-18-15-5-3-4-14(8-15)17-7-6-13(9-16)10-17/h3-5,8,12-13H,6-7,9-11,16H2,1-2H3. The molecule has 3 nitrogen and oxygen atoms in total. The van der Waals surface area contributed by atoms with Gasteiger partial charge in [0.2, 0.25) is 0 Å². The van der Waals surface area contributed by atoms with Crippen molar-refractivity contribution in [2.75, 3.05) is 31.1 Å². The van der Waals surface area contributed by atoms with E-state index in [1.54, 1.807) is 0 Å². The molecule has 1 aliphatic rings. The Morgan fingerprint density at radius 3 is 2.94 bits per heavy atom. The van der Waals surface area contributed by atoms with Crippen LogP contribution in [-0.2, 0) is 0 Å². The van der Waals surface area contributed by atoms with Crippen molar-refractivity contribution in [1.82, 2.24) is 0 Å². The Labute approximate surface area is 110 Å². The molecule has 1 saturated heterocycles. The molecule has 0 radical (unpaired) electrons. The Kier molecular flexibility index (Phi) is 4.48. The molecule has 0 aliphatic carbocycles. The van der Waals surface area contributed by atoms with Crippen LogP contribution in [0.5, 0.6) is 5.75 Å². The number of ether oxygens (including phenoxy) is 1. The van der Waals surface area contributed by atoms with Crippen molar-refractivity contribution in [3.05, 3.63) is 24.3 Å². The van der Waals surface area contributed by atoms with E-state index in [0.29, 0.717) is 11.8 Å². The van der Waals surface area contributed by atoms with Gasteiger partial charge in [-0.1, -0.05) is 19.9 Å². The van der Waals surface area contributed by atoms with Crippen LogP contribution in [0.2, 0.25) is 0 Å².